The molecule has 4 heteroatoms. The summed E-state index contributed by atoms with van der Waals surface area (Å²) < 4.78 is 0.950. The summed E-state index contributed by atoms with van der Waals surface area (Å²) in [5, 5.41) is 12.6. The molecule has 17 heavy (non-hydrogen) atoms. The van der Waals surface area contributed by atoms with Crippen molar-refractivity contribution in [2.45, 2.75) is 32.2 Å². The molecule has 1 saturated carbocycles. The Bertz CT molecular complexity index is 433. The standard InChI is InChI=1S/C13H16INO2/c1-2-3-8-6-11(8)15-13(17)10-7-9(14)4-5-12(10)16/h4-5,7-8,11,16H,2-3,6H2,1H3,(H,15,17). The average molecular weight is 345 g/mol. The second-order valence-corrected chi connectivity index (χ2v) is 5.77. The molecule has 1 aromatic rings. The Kier molecular flexibility index (Phi) is 3.91. The van der Waals surface area contributed by atoms with E-state index in [1.54, 1.807) is 18.2 Å². The van der Waals surface area contributed by atoms with Crippen molar-refractivity contribution in [3.05, 3.63) is 27.3 Å². The highest BCUT2D eigenvalue weighted by molar-refractivity contribution is 14.1. The van der Waals surface area contributed by atoms with Crippen molar-refractivity contribution >= 4 is 28.5 Å². The first-order valence-electron chi connectivity index (χ1n) is 5.91. The van der Waals surface area contributed by atoms with Gasteiger partial charge in [-0.3, -0.25) is 4.79 Å². The molecule has 0 radical (unpaired) electrons. The van der Waals surface area contributed by atoms with E-state index >= 15 is 0 Å². The highest BCUT2D eigenvalue weighted by Gasteiger charge is 2.37. The second kappa shape index (κ2) is 5.25. The summed E-state index contributed by atoms with van der Waals surface area (Å²) in [6, 6.07) is 5.36. The number of hydrogen-bond acceptors (Lipinski definition) is 2. The van der Waals surface area contributed by atoms with Crippen molar-refractivity contribution in [2.24, 2.45) is 5.92 Å². The number of hydrogen-bond donors (Lipinski definition) is 2. The first kappa shape index (κ1) is 12.7. The third-order valence-electron chi connectivity index (χ3n) is 3.10. The average Bonchev–Trinajstić information content (AvgIpc) is 3.00. The van der Waals surface area contributed by atoms with Crippen LogP contribution in [0.2, 0.25) is 0 Å². The molecule has 0 spiro atoms. The fourth-order valence-corrected chi connectivity index (χ4v) is 2.54. The number of rotatable bonds is 4. The lowest BCUT2D eigenvalue weighted by Gasteiger charge is -2.06. The Morgan fingerprint density at radius 3 is 3.06 bits per heavy atom. The largest absolute Gasteiger partial charge is 0.507 e. The predicted octanol–water partition coefficient (Wildman–Crippen LogP) is 2.92. The molecule has 1 fully saturated rings. The van der Waals surface area contributed by atoms with Crippen molar-refractivity contribution in [3.8, 4) is 5.75 Å². The summed E-state index contributed by atoms with van der Waals surface area (Å²) in [5.74, 6) is 0.522. The SMILES string of the molecule is CCCC1CC1NC(=O)c1cc(I)ccc1O. The summed E-state index contributed by atoms with van der Waals surface area (Å²) in [5.41, 5.74) is 0.374. The van der Waals surface area contributed by atoms with Crippen LogP contribution in [-0.2, 0) is 0 Å². The molecule has 1 aliphatic carbocycles. The van der Waals surface area contributed by atoms with Gasteiger partial charge in [0.1, 0.15) is 5.75 Å². The highest BCUT2D eigenvalue weighted by atomic mass is 127. The predicted molar refractivity (Wildman–Crippen MR) is 75.1 cm³/mol. The van der Waals surface area contributed by atoms with Gasteiger partial charge in [0.05, 0.1) is 5.56 Å². The third-order valence-corrected chi connectivity index (χ3v) is 3.77. The lowest BCUT2D eigenvalue weighted by atomic mass is 10.2. The summed E-state index contributed by atoms with van der Waals surface area (Å²) in [4.78, 5) is 11.9. The van der Waals surface area contributed by atoms with E-state index in [0.717, 1.165) is 16.4 Å². The maximum absolute atomic E-state index is 11.9. The van der Waals surface area contributed by atoms with Crippen molar-refractivity contribution < 1.29 is 9.90 Å². The zero-order valence-corrected chi connectivity index (χ0v) is 11.9. The number of nitrogens with one attached hydrogen (secondary N) is 1. The molecule has 0 aromatic heterocycles. The number of halogens is 1. The van der Waals surface area contributed by atoms with Gasteiger partial charge in [-0.1, -0.05) is 13.3 Å². The Hall–Kier alpha value is -0.780. The molecule has 0 saturated heterocycles. The van der Waals surface area contributed by atoms with Crippen LogP contribution in [0.15, 0.2) is 18.2 Å². The van der Waals surface area contributed by atoms with Crippen molar-refractivity contribution in [1.29, 1.82) is 0 Å². The smallest absolute Gasteiger partial charge is 0.255 e. The number of carbonyl (C=O) groups excluding carboxylic acids is 1. The van der Waals surface area contributed by atoms with Gasteiger partial charge < -0.3 is 10.4 Å². The number of amides is 1. The Labute approximate surface area is 115 Å². The minimum Gasteiger partial charge on any atom is -0.507 e. The topological polar surface area (TPSA) is 49.3 Å². The first-order chi connectivity index (χ1) is 8.11. The minimum absolute atomic E-state index is 0.0515. The number of benzene rings is 1. The van der Waals surface area contributed by atoms with E-state index in [9.17, 15) is 9.90 Å². The molecule has 3 nitrogen and oxygen atoms in total. The summed E-state index contributed by atoms with van der Waals surface area (Å²) in [6.45, 7) is 2.16. The van der Waals surface area contributed by atoms with E-state index in [4.69, 9.17) is 0 Å². The van der Waals surface area contributed by atoms with Crippen molar-refractivity contribution in [2.75, 3.05) is 0 Å². The van der Waals surface area contributed by atoms with Crippen LogP contribution < -0.4 is 5.32 Å². The highest BCUT2D eigenvalue weighted by Crippen LogP contribution is 2.35. The van der Waals surface area contributed by atoms with Crippen molar-refractivity contribution in [1.82, 2.24) is 5.32 Å². The Balaban J connectivity index is 1.98. The molecule has 2 unspecified atom stereocenters. The quantitative estimate of drug-likeness (QED) is 0.825. The first-order valence-corrected chi connectivity index (χ1v) is 6.99. The zero-order chi connectivity index (χ0) is 12.4. The molecular formula is C13H16INO2. The normalized spacial score (nSPS) is 22.2. The van der Waals surface area contributed by atoms with E-state index in [2.05, 4.69) is 34.8 Å². The van der Waals surface area contributed by atoms with Crippen LogP contribution in [0.25, 0.3) is 0 Å². The number of phenols is 1. The van der Waals surface area contributed by atoms with Gasteiger partial charge in [0, 0.05) is 9.61 Å². The Morgan fingerprint density at radius 1 is 1.59 bits per heavy atom. The molecule has 2 N–H and O–H groups in total. The lowest BCUT2D eigenvalue weighted by Crippen LogP contribution is -2.27. The lowest BCUT2D eigenvalue weighted by molar-refractivity contribution is 0.0946. The number of aromatic hydroxyl groups is 1. The molecule has 1 amide bonds. The maximum Gasteiger partial charge on any atom is 0.255 e. The Morgan fingerprint density at radius 2 is 2.35 bits per heavy atom. The summed E-state index contributed by atoms with van der Waals surface area (Å²) in [6.07, 6.45) is 3.40. The molecule has 92 valence electrons. The number of phenolic OH excluding ortho intramolecular Hbond substituents is 1. The van der Waals surface area contributed by atoms with Gasteiger partial charge in [-0.05, 0) is 59.5 Å². The maximum atomic E-state index is 11.9. The summed E-state index contributed by atoms with van der Waals surface area (Å²) >= 11 is 2.13. The van der Waals surface area contributed by atoms with Crippen LogP contribution in [-0.4, -0.2) is 17.1 Å². The van der Waals surface area contributed by atoms with E-state index in [-0.39, 0.29) is 11.7 Å². The van der Waals surface area contributed by atoms with Gasteiger partial charge >= 0.3 is 0 Å². The van der Waals surface area contributed by atoms with Crippen LogP contribution >= 0.6 is 22.6 Å². The van der Waals surface area contributed by atoms with E-state index in [1.165, 1.54) is 6.42 Å². The minimum atomic E-state index is -0.162. The van der Waals surface area contributed by atoms with Gasteiger partial charge in [0.2, 0.25) is 0 Å². The fourth-order valence-electron chi connectivity index (χ4n) is 2.05. The summed E-state index contributed by atoms with van der Waals surface area (Å²) in [7, 11) is 0. The molecule has 0 heterocycles. The molecule has 2 rings (SSSR count). The molecular weight excluding hydrogens is 329 g/mol. The van der Waals surface area contributed by atoms with Crippen LogP contribution in [0.3, 0.4) is 0 Å². The van der Waals surface area contributed by atoms with Crippen molar-refractivity contribution in [3.63, 3.8) is 0 Å². The van der Waals surface area contributed by atoms with Crippen LogP contribution in [0, 0.1) is 9.49 Å². The van der Waals surface area contributed by atoms with Gasteiger partial charge in [-0.2, -0.15) is 0 Å². The third kappa shape index (κ3) is 3.12. The monoisotopic (exact) mass is 345 g/mol. The van der Waals surface area contributed by atoms with E-state index < -0.39 is 0 Å². The molecule has 1 aromatic carbocycles. The van der Waals surface area contributed by atoms with Gasteiger partial charge in [-0.25, -0.2) is 0 Å². The molecule has 2 atom stereocenters. The second-order valence-electron chi connectivity index (χ2n) is 4.53. The van der Waals surface area contributed by atoms with Gasteiger partial charge in [0.15, 0.2) is 0 Å². The zero-order valence-electron chi connectivity index (χ0n) is 9.74. The molecule has 1 aliphatic rings. The van der Waals surface area contributed by atoms with E-state index in [0.29, 0.717) is 17.5 Å². The fraction of sp³-hybridized carbons (Fsp3) is 0.462. The number of carbonyl (C=O) groups is 1. The van der Waals surface area contributed by atoms with E-state index in [1.807, 2.05) is 0 Å². The van der Waals surface area contributed by atoms with Gasteiger partial charge in [0.25, 0.3) is 5.91 Å². The van der Waals surface area contributed by atoms with Gasteiger partial charge in [-0.15, -0.1) is 0 Å². The molecule has 0 bridgehead atoms. The van der Waals surface area contributed by atoms with Crippen LogP contribution in [0.5, 0.6) is 5.75 Å². The van der Waals surface area contributed by atoms with Crippen LogP contribution in [0.1, 0.15) is 36.5 Å². The molecule has 0 aliphatic heterocycles. The van der Waals surface area contributed by atoms with Crippen LogP contribution in [0.4, 0.5) is 0 Å².